The van der Waals surface area contributed by atoms with Crippen molar-refractivity contribution in [3.63, 3.8) is 0 Å². The van der Waals surface area contributed by atoms with Gasteiger partial charge in [-0.3, -0.25) is 0 Å². The number of hydrogen-bond donors (Lipinski definition) is 0. The average Bonchev–Trinajstić information content (AvgIpc) is 3.42. The monoisotopic (exact) mass is 443 g/mol. The number of benzene rings is 2. The molecule has 0 radical (unpaired) electrons. The van der Waals surface area contributed by atoms with Gasteiger partial charge in [0.05, 0.1) is 43.7 Å². The van der Waals surface area contributed by atoms with E-state index in [9.17, 15) is 4.39 Å². The van der Waals surface area contributed by atoms with Crippen LogP contribution in [0.5, 0.6) is 0 Å². The van der Waals surface area contributed by atoms with Gasteiger partial charge in [0, 0.05) is 18.7 Å². The first kappa shape index (κ1) is 19.8. The summed E-state index contributed by atoms with van der Waals surface area (Å²) in [5.74, 6) is 1.41. The molecule has 9 heteroatoms. The molecule has 166 valence electrons. The average molecular weight is 443 g/mol. The first-order valence-corrected chi connectivity index (χ1v) is 10.9. The minimum atomic E-state index is -0.225. The maximum Gasteiger partial charge on any atom is 0.165 e. The lowest BCUT2D eigenvalue weighted by Crippen LogP contribution is -2.36. The third-order valence-electron chi connectivity index (χ3n) is 6.02. The normalized spacial score (nSPS) is 14.4. The van der Waals surface area contributed by atoms with Crippen molar-refractivity contribution in [1.29, 1.82) is 0 Å². The van der Waals surface area contributed by atoms with Gasteiger partial charge in [-0.05, 0) is 18.2 Å². The molecule has 4 heterocycles. The maximum absolute atomic E-state index is 14.4. The van der Waals surface area contributed by atoms with Crippen LogP contribution in [0.1, 0.15) is 11.4 Å². The van der Waals surface area contributed by atoms with Crippen LogP contribution in [0.4, 0.5) is 10.2 Å². The Balaban J connectivity index is 1.40. The van der Waals surface area contributed by atoms with Gasteiger partial charge < -0.3 is 18.8 Å². The molecule has 0 aliphatic carbocycles. The van der Waals surface area contributed by atoms with E-state index in [4.69, 9.17) is 9.72 Å². The number of imidazole rings is 2. The third-order valence-corrected chi connectivity index (χ3v) is 6.02. The van der Waals surface area contributed by atoms with Crippen molar-refractivity contribution >= 4 is 28.0 Å². The molecule has 2 aromatic carbocycles. The molecule has 33 heavy (non-hydrogen) atoms. The fourth-order valence-corrected chi connectivity index (χ4v) is 4.36. The number of fused-ring (bicyclic) bond motifs is 2. The van der Waals surface area contributed by atoms with E-state index in [2.05, 4.69) is 24.4 Å². The summed E-state index contributed by atoms with van der Waals surface area (Å²) in [6.45, 7) is 3.75. The number of anilines is 1. The van der Waals surface area contributed by atoms with Gasteiger partial charge >= 0.3 is 0 Å². The molecule has 0 N–H and O–H groups in total. The van der Waals surface area contributed by atoms with Crippen molar-refractivity contribution < 1.29 is 9.13 Å². The van der Waals surface area contributed by atoms with Crippen molar-refractivity contribution in [2.45, 2.75) is 13.1 Å². The van der Waals surface area contributed by atoms with Crippen LogP contribution in [0, 0.1) is 5.82 Å². The molecule has 0 amide bonds. The molecule has 1 saturated heterocycles. The Morgan fingerprint density at radius 1 is 0.909 bits per heavy atom. The summed E-state index contributed by atoms with van der Waals surface area (Å²) in [5, 5.41) is 0. The molecule has 0 bridgehead atoms. The summed E-state index contributed by atoms with van der Waals surface area (Å²) < 4.78 is 23.9. The molecule has 0 saturated carbocycles. The molecule has 8 nitrogen and oxygen atoms in total. The summed E-state index contributed by atoms with van der Waals surface area (Å²) in [4.78, 5) is 20.7. The summed E-state index contributed by atoms with van der Waals surface area (Å²) in [7, 11) is 0. The zero-order valence-electron chi connectivity index (χ0n) is 17.9. The Hall–Kier alpha value is -3.85. The highest BCUT2D eigenvalue weighted by Crippen LogP contribution is 2.24. The Morgan fingerprint density at radius 3 is 2.61 bits per heavy atom. The maximum atomic E-state index is 14.4. The number of hydrogen-bond acceptors (Lipinski definition) is 6. The van der Waals surface area contributed by atoms with E-state index < -0.39 is 0 Å². The first-order valence-electron chi connectivity index (χ1n) is 10.9. The molecular formula is C24H22FN7O. The van der Waals surface area contributed by atoms with Gasteiger partial charge in [0.15, 0.2) is 17.0 Å². The number of morpholine rings is 1. The summed E-state index contributed by atoms with van der Waals surface area (Å²) >= 11 is 0. The molecule has 0 atom stereocenters. The highest BCUT2D eigenvalue weighted by molar-refractivity contribution is 5.83. The second-order valence-corrected chi connectivity index (χ2v) is 8.04. The smallest absolute Gasteiger partial charge is 0.165 e. The number of nitrogens with zero attached hydrogens (tertiary/aromatic N) is 7. The van der Waals surface area contributed by atoms with Crippen LogP contribution in [-0.2, 0) is 17.8 Å². The summed E-state index contributed by atoms with van der Waals surface area (Å²) in [5.41, 5.74) is 3.96. The highest BCUT2D eigenvalue weighted by Gasteiger charge is 2.20. The van der Waals surface area contributed by atoms with E-state index in [0.717, 1.165) is 46.9 Å². The fourth-order valence-electron chi connectivity index (χ4n) is 4.36. The van der Waals surface area contributed by atoms with Gasteiger partial charge in [-0.2, -0.15) is 0 Å². The minimum Gasteiger partial charge on any atom is -0.378 e. The molecule has 1 aliphatic rings. The number of aromatic nitrogens is 6. The Labute approximate surface area is 189 Å². The molecular weight excluding hydrogens is 421 g/mol. The zero-order valence-corrected chi connectivity index (χ0v) is 17.9. The van der Waals surface area contributed by atoms with Crippen LogP contribution >= 0.6 is 0 Å². The van der Waals surface area contributed by atoms with E-state index in [-0.39, 0.29) is 5.82 Å². The van der Waals surface area contributed by atoms with Crippen molar-refractivity contribution in [2.24, 2.45) is 0 Å². The van der Waals surface area contributed by atoms with E-state index in [1.807, 2.05) is 41.0 Å². The quantitative estimate of drug-likeness (QED) is 0.415. The van der Waals surface area contributed by atoms with Crippen LogP contribution in [-0.4, -0.2) is 55.4 Å². The summed E-state index contributed by atoms with van der Waals surface area (Å²) in [6, 6.07) is 14.8. The summed E-state index contributed by atoms with van der Waals surface area (Å²) in [6.07, 6.45) is 3.35. The van der Waals surface area contributed by atoms with Gasteiger partial charge in [0.2, 0.25) is 0 Å². The second-order valence-electron chi connectivity index (χ2n) is 8.04. The lowest BCUT2D eigenvalue weighted by atomic mass is 10.2. The van der Waals surface area contributed by atoms with E-state index in [1.54, 1.807) is 18.7 Å². The van der Waals surface area contributed by atoms with Crippen LogP contribution in [0.3, 0.4) is 0 Å². The van der Waals surface area contributed by atoms with Gasteiger partial charge in [-0.1, -0.05) is 30.3 Å². The van der Waals surface area contributed by atoms with Crippen molar-refractivity contribution in [3.05, 3.63) is 78.4 Å². The number of para-hydroxylation sites is 2. The van der Waals surface area contributed by atoms with Crippen molar-refractivity contribution in [2.75, 3.05) is 31.2 Å². The van der Waals surface area contributed by atoms with Crippen LogP contribution < -0.4 is 4.90 Å². The predicted octanol–water partition coefficient (Wildman–Crippen LogP) is 3.25. The first-order chi connectivity index (χ1) is 16.3. The minimum absolute atomic E-state index is 0.225. The lowest BCUT2D eigenvalue weighted by molar-refractivity contribution is 0.122. The van der Waals surface area contributed by atoms with Crippen molar-refractivity contribution in [3.8, 4) is 0 Å². The van der Waals surface area contributed by atoms with Crippen LogP contribution in [0.25, 0.3) is 22.2 Å². The molecule has 1 fully saturated rings. The van der Waals surface area contributed by atoms with Crippen molar-refractivity contribution in [1.82, 2.24) is 29.1 Å². The van der Waals surface area contributed by atoms with Crippen LogP contribution in [0.15, 0.2) is 61.2 Å². The van der Waals surface area contributed by atoms with E-state index in [1.165, 1.54) is 6.07 Å². The highest BCUT2D eigenvalue weighted by atomic mass is 19.1. The number of halogens is 1. The van der Waals surface area contributed by atoms with Gasteiger partial charge in [0.25, 0.3) is 0 Å². The van der Waals surface area contributed by atoms with Gasteiger partial charge in [-0.25, -0.2) is 24.3 Å². The molecule has 5 aromatic rings. The standard InChI is InChI=1S/C24H22FN7O/c25-18-6-2-1-5-17(18)13-32-20-8-4-3-7-19(20)29-21(32)14-31-16-28-22-23(26-15-27-24(22)31)30-9-11-33-12-10-30/h1-8,15-16H,9-14H2. The topological polar surface area (TPSA) is 73.9 Å². The molecule has 0 unspecified atom stereocenters. The SMILES string of the molecule is Fc1ccccc1Cn1c(Cn2cnc3c(N4CCOCC4)ncnc32)nc2ccccc21. The Kier molecular flexibility index (Phi) is 4.95. The van der Waals surface area contributed by atoms with E-state index in [0.29, 0.717) is 31.9 Å². The second kappa shape index (κ2) is 8.25. The zero-order chi connectivity index (χ0) is 22.2. The lowest BCUT2D eigenvalue weighted by Gasteiger charge is -2.27. The molecule has 0 spiro atoms. The molecule has 3 aromatic heterocycles. The van der Waals surface area contributed by atoms with Gasteiger partial charge in [-0.15, -0.1) is 0 Å². The fraction of sp³-hybridized carbons (Fsp3) is 0.250. The molecule has 1 aliphatic heterocycles. The van der Waals surface area contributed by atoms with Crippen LogP contribution in [0.2, 0.25) is 0 Å². The predicted molar refractivity (Wildman–Crippen MR) is 123 cm³/mol. The largest absolute Gasteiger partial charge is 0.378 e. The molecule has 6 rings (SSSR count). The number of rotatable bonds is 5. The Bertz CT molecular complexity index is 1440. The number of ether oxygens (including phenoxy) is 1. The van der Waals surface area contributed by atoms with E-state index >= 15 is 0 Å². The third kappa shape index (κ3) is 3.60. The Morgan fingerprint density at radius 2 is 1.73 bits per heavy atom. The van der Waals surface area contributed by atoms with Gasteiger partial charge in [0.1, 0.15) is 18.0 Å².